The van der Waals surface area contributed by atoms with Gasteiger partial charge in [-0.2, -0.15) is 0 Å². The molecule has 1 aliphatic rings. The molecule has 9 N–H and O–H groups in total. The van der Waals surface area contributed by atoms with Gasteiger partial charge in [-0.15, -0.1) is 0 Å². The first-order chi connectivity index (χ1) is 24.2. The van der Waals surface area contributed by atoms with Crippen LogP contribution in [0.1, 0.15) is 66.0 Å². The highest BCUT2D eigenvalue weighted by Gasteiger charge is 2.38. The molecule has 6 atom stereocenters. The zero-order valence-electron chi connectivity index (χ0n) is 30.3. The van der Waals surface area contributed by atoms with E-state index in [0.717, 1.165) is 6.92 Å². The van der Waals surface area contributed by atoms with Crippen molar-refractivity contribution in [3.63, 3.8) is 0 Å². The number of nitrogens with two attached hydrogens (primary N) is 1. The van der Waals surface area contributed by atoms with E-state index < -0.39 is 80.3 Å². The summed E-state index contributed by atoms with van der Waals surface area (Å²) in [4.78, 5) is 103. The number of ether oxygens (including phenoxy) is 1. The summed E-state index contributed by atoms with van der Waals surface area (Å²) >= 11 is 0. The Bertz CT molecular complexity index is 1450. The zero-order valence-corrected chi connectivity index (χ0v) is 31.2. The number of nitrogens with one attached hydrogen (secondary N) is 4. The third-order valence-corrected chi connectivity index (χ3v) is 8.75. The fourth-order valence-electron chi connectivity index (χ4n) is 5.52. The summed E-state index contributed by atoms with van der Waals surface area (Å²) in [5, 5.41) is 19.8. The largest absolute Gasteiger partial charge is 0.469 e. The second-order valence-corrected chi connectivity index (χ2v) is 14.5. The predicted octanol–water partition coefficient (Wildman–Crippen LogP) is -2.27. The van der Waals surface area contributed by atoms with Crippen LogP contribution in [0.4, 0.5) is 0 Å². The molecule has 0 radical (unpaired) electrons. The van der Waals surface area contributed by atoms with Crippen molar-refractivity contribution in [1.29, 1.82) is 0 Å². The van der Waals surface area contributed by atoms with Crippen molar-refractivity contribution in [1.82, 2.24) is 35.7 Å². The van der Waals surface area contributed by atoms with Crippen molar-refractivity contribution in [3.8, 4) is 0 Å². The number of aryl methyl sites for hydroxylation is 1. The number of phosphoric ester groups is 1. The molecule has 0 aliphatic carbocycles. The van der Waals surface area contributed by atoms with Gasteiger partial charge in [-0.25, -0.2) is 9.55 Å². The molecule has 1 saturated heterocycles. The Morgan fingerprint density at radius 2 is 1.60 bits per heavy atom. The number of likely N-dealkylation sites (tertiary alicyclic amines) is 1. The predicted molar refractivity (Wildman–Crippen MR) is 183 cm³/mol. The number of hydrogen-bond donors (Lipinski definition) is 8. The Morgan fingerprint density at radius 3 is 2.13 bits per heavy atom. The van der Waals surface area contributed by atoms with Crippen LogP contribution in [0.15, 0.2) is 12.5 Å². The van der Waals surface area contributed by atoms with Crippen molar-refractivity contribution in [2.45, 2.75) is 109 Å². The van der Waals surface area contributed by atoms with E-state index in [1.807, 2.05) is 27.7 Å². The van der Waals surface area contributed by atoms with E-state index in [9.17, 15) is 38.4 Å². The molecule has 0 saturated carbocycles. The van der Waals surface area contributed by atoms with E-state index in [1.54, 1.807) is 11.6 Å². The Labute approximate surface area is 302 Å². The van der Waals surface area contributed by atoms with Crippen LogP contribution in [-0.2, 0) is 56.1 Å². The number of carbonyl (C=O) groups excluding carboxylic acids is 6. The lowest BCUT2D eigenvalue weighted by Gasteiger charge is -2.29. The molecule has 6 amide bonds. The lowest BCUT2D eigenvalue weighted by Crippen LogP contribution is -2.61. The average molecular weight is 761 g/mol. The van der Waals surface area contributed by atoms with Crippen LogP contribution in [-0.4, -0.2) is 127 Å². The minimum Gasteiger partial charge on any atom is -0.394 e. The number of primary amides is 1. The van der Waals surface area contributed by atoms with Gasteiger partial charge in [0.25, 0.3) is 0 Å². The minimum absolute atomic E-state index is 0.0582. The highest BCUT2D eigenvalue weighted by molar-refractivity contribution is 7.46. The number of carbonyl (C=O) groups is 6. The SMILES string of the molecule is CC(C)C[C@H](NC(=O)[C@@H]1CCCN1C(=O)CCOC(C)C)C(=O)N[C@@H](Cc1cncn1C)C(=O)N[C@@H](CO)C(=O)N[C@H](C(N)=O)C(C)OP(=O)(O)O. The Kier molecular flexibility index (Phi) is 17.3. The number of hydrogen-bond acceptors (Lipinski definition) is 11. The maximum Gasteiger partial charge on any atom is 0.469 e. The van der Waals surface area contributed by atoms with Crippen molar-refractivity contribution in [2.75, 3.05) is 19.8 Å². The first kappa shape index (κ1) is 44.2. The molecule has 52 heavy (non-hydrogen) atoms. The van der Waals surface area contributed by atoms with E-state index in [2.05, 4.69) is 30.8 Å². The standard InChI is InChI=1S/C31H53N8O12P/c1-17(2)12-21(35-31(46)24-8-7-10-39(24)25(41)9-11-50-18(3)4)28(43)34-22(13-20-14-33-16-38(20)6)29(44)36-23(15-40)30(45)37-26(27(32)42)19(5)51-52(47,48)49/h14,16-19,21-24,26,40H,7-13,15H2,1-6H3,(H2,32,42)(H,34,43)(H,35,46)(H,36,44)(H,37,45)(H2,47,48,49)/t19?,21-,22-,23-,24-,26-/m0/s1. The summed E-state index contributed by atoms with van der Waals surface area (Å²) in [5.74, 6) is -4.90. The van der Waals surface area contributed by atoms with Crippen LogP contribution < -0.4 is 27.0 Å². The van der Waals surface area contributed by atoms with Gasteiger partial charge < -0.3 is 56.1 Å². The molecule has 1 fully saturated rings. The summed E-state index contributed by atoms with van der Waals surface area (Å²) in [7, 11) is -3.44. The van der Waals surface area contributed by atoms with Gasteiger partial charge in [0.05, 0.1) is 38.2 Å². The average Bonchev–Trinajstić information content (AvgIpc) is 3.69. The summed E-state index contributed by atoms with van der Waals surface area (Å²) in [5.41, 5.74) is 5.78. The van der Waals surface area contributed by atoms with Crippen LogP contribution in [0.2, 0.25) is 0 Å². The molecule has 0 aromatic carbocycles. The molecule has 294 valence electrons. The number of phosphoric acid groups is 1. The smallest absolute Gasteiger partial charge is 0.394 e. The molecule has 0 bridgehead atoms. The van der Waals surface area contributed by atoms with Crippen LogP contribution in [0.5, 0.6) is 0 Å². The first-order valence-electron chi connectivity index (χ1n) is 17.0. The van der Waals surface area contributed by atoms with E-state index in [0.29, 0.717) is 25.1 Å². The molecule has 1 aliphatic heterocycles. The van der Waals surface area contributed by atoms with Gasteiger partial charge >= 0.3 is 7.82 Å². The van der Waals surface area contributed by atoms with Crippen molar-refractivity contribution in [2.24, 2.45) is 18.7 Å². The van der Waals surface area contributed by atoms with Gasteiger partial charge in [0.2, 0.25) is 35.4 Å². The van der Waals surface area contributed by atoms with E-state index in [-0.39, 0.29) is 43.8 Å². The lowest BCUT2D eigenvalue weighted by atomic mass is 10.0. The quantitative estimate of drug-likeness (QED) is 0.0614. The number of nitrogens with zero attached hydrogens (tertiary/aromatic N) is 3. The van der Waals surface area contributed by atoms with Crippen molar-refractivity contribution >= 4 is 43.3 Å². The molecule has 20 nitrogen and oxygen atoms in total. The highest BCUT2D eigenvalue weighted by Crippen LogP contribution is 2.38. The van der Waals surface area contributed by atoms with E-state index in [1.165, 1.54) is 17.4 Å². The molecule has 1 aromatic rings. The molecule has 2 rings (SSSR count). The normalized spacial score (nSPS) is 17.6. The fraction of sp³-hybridized carbons (Fsp3) is 0.710. The van der Waals surface area contributed by atoms with Gasteiger partial charge in [0.15, 0.2) is 0 Å². The minimum atomic E-state index is -5.09. The maximum atomic E-state index is 13.8. The second-order valence-electron chi connectivity index (χ2n) is 13.3. The second kappa shape index (κ2) is 20.3. The lowest BCUT2D eigenvalue weighted by molar-refractivity contribution is -0.140. The first-order valence-corrected chi connectivity index (χ1v) is 18.5. The number of aliphatic hydroxyl groups is 1. The van der Waals surface area contributed by atoms with Crippen molar-refractivity contribution < 1.29 is 57.5 Å². The monoisotopic (exact) mass is 760 g/mol. The highest BCUT2D eigenvalue weighted by atomic mass is 31.2. The summed E-state index contributed by atoms with van der Waals surface area (Å²) in [6, 6.07) is -6.79. The summed E-state index contributed by atoms with van der Waals surface area (Å²) in [6.07, 6.45) is 2.38. The van der Waals surface area contributed by atoms with Gasteiger partial charge in [0, 0.05) is 31.9 Å². The van der Waals surface area contributed by atoms with Gasteiger partial charge in [0.1, 0.15) is 30.2 Å². The van der Waals surface area contributed by atoms with Crippen LogP contribution in [0.25, 0.3) is 0 Å². The van der Waals surface area contributed by atoms with E-state index in [4.69, 9.17) is 20.3 Å². The third-order valence-electron chi connectivity index (χ3n) is 8.14. The number of imidazole rings is 1. The molecule has 0 spiro atoms. The maximum absolute atomic E-state index is 13.8. The van der Waals surface area contributed by atoms with E-state index >= 15 is 0 Å². The number of amides is 6. The molecule has 2 heterocycles. The molecule has 1 aromatic heterocycles. The van der Waals surface area contributed by atoms with Gasteiger partial charge in [-0.1, -0.05) is 13.8 Å². The van der Waals surface area contributed by atoms with Crippen LogP contribution in [0, 0.1) is 5.92 Å². The third kappa shape index (κ3) is 14.2. The van der Waals surface area contributed by atoms with Crippen molar-refractivity contribution in [3.05, 3.63) is 18.2 Å². The Balaban J connectivity index is 2.26. The van der Waals surface area contributed by atoms with Crippen LogP contribution >= 0.6 is 7.82 Å². The summed E-state index contributed by atoms with van der Waals surface area (Å²) < 4.78 is 22.8. The van der Waals surface area contributed by atoms with Crippen LogP contribution in [0.3, 0.4) is 0 Å². The number of aliphatic hydroxyl groups excluding tert-OH is 1. The Hall–Kier alpha value is -3.94. The van der Waals surface area contributed by atoms with Gasteiger partial charge in [-0.05, 0) is 46.0 Å². The summed E-state index contributed by atoms with van der Waals surface area (Å²) in [6.45, 7) is 8.03. The molecule has 21 heteroatoms. The number of aromatic nitrogens is 2. The molecular formula is C31H53N8O12P. The Morgan fingerprint density at radius 1 is 0.981 bits per heavy atom. The number of rotatable bonds is 21. The zero-order chi connectivity index (χ0) is 39.3. The molecular weight excluding hydrogens is 707 g/mol. The fourth-order valence-corrected chi connectivity index (χ4v) is 6.08. The molecule has 1 unspecified atom stereocenters. The topological polar surface area (TPSA) is 294 Å². The van der Waals surface area contributed by atoms with Gasteiger partial charge in [-0.3, -0.25) is 33.3 Å².